The lowest BCUT2D eigenvalue weighted by molar-refractivity contribution is 0.398. The number of pyridine rings is 2. The third-order valence-electron chi connectivity index (χ3n) is 6.60. The van der Waals surface area contributed by atoms with Gasteiger partial charge in [0.05, 0.1) is 18.6 Å². The summed E-state index contributed by atoms with van der Waals surface area (Å²) >= 11 is 0. The van der Waals surface area contributed by atoms with Crippen LogP contribution in [0.2, 0.25) is 0 Å². The summed E-state index contributed by atoms with van der Waals surface area (Å²) in [6.45, 7) is 5.58. The molecule has 2 atom stereocenters. The molecule has 1 aliphatic rings. The number of allylic oxidation sites excluding steroid dienone is 3. The van der Waals surface area contributed by atoms with Crippen LogP contribution in [0.15, 0.2) is 72.8 Å². The third-order valence-corrected chi connectivity index (χ3v) is 6.60. The Kier molecular flexibility index (Phi) is 6.92. The quantitative estimate of drug-likeness (QED) is 0.325. The van der Waals surface area contributed by atoms with Gasteiger partial charge in [0.1, 0.15) is 0 Å². The molecule has 2 aromatic heterocycles. The van der Waals surface area contributed by atoms with E-state index in [0.29, 0.717) is 29.0 Å². The number of aliphatic hydroxyl groups is 1. The van der Waals surface area contributed by atoms with E-state index in [1.54, 1.807) is 27.2 Å². The van der Waals surface area contributed by atoms with Gasteiger partial charge in [-0.2, -0.15) is 0 Å². The van der Waals surface area contributed by atoms with Crippen molar-refractivity contribution in [3.63, 3.8) is 0 Å². The molecule has 2 unspecified atom stereocenters. The molecule has 0 aliphatic heterocycles. The maximum Gasteiger partial charge on any atom is 0.212 e. The minimum absolute atomic E-state index is 0.133. The Labute approximate surface area is 201 Å². The highest BCUT2D eigenvalue weighted by Crippen LogP contribution is 2.38. The summed E-state index contributed by atoms with van der Waals surface area (Å²) in [6.07, 6.45) is 7.77. The average Bonchev–Trinajstić information content (AvgIpc) is 3.03. The summed E-state index contributed by atoms with van der Waals surface area (Å²) in [5.74, 6) is 1.37. The summed E-state index contributed by atoms with van der Waals surface area (Å²) in [5.41, 5.74) is 7.03. The summed E-state index contributed by atoms with van der Waals surface area (Å²) < 4.78 is 5.26. The molecule has 2 N–H and O–H groups in total. The second kappa shape index (κ2) is 10.0. The topological polar surface area (TPSA) is 79.1 Å². The predicted octanol–water partition coefficient (Wildman–Crippen LogP) is 6.61. The molecular weight excluding hydrogens is 422 g/mol. The van der Waals surface area contributed by atoms with Crippen LogP contribution >= 0.6 is 0 Å². The van der Waals surface area contributed by atoms with Crippen molar-refractivity contribution in [2.75, 3.05) is 7.11 Å². The molecule has 1 aliphatic carbocycles. The van der Waals surface area contributed by atoms with Gasteiger partial charge < -0.3 is 15.3 Å². The maximum absolute atomic E-state index is 10.2. The fraction of sp³-hybridized carbons (Fsp3) is 0.276. The van der Waals surface area contributed by atoms with E-state index in [2.05, 4.69) is 54.4 Å². The van der Waals surface area contributed by atoms with Crippen LogP contribution < -0.4 is 4.74 Å². The second-order valence-corrected chi connectivity index (χ2v) is 8.89. The van der Waals surface area contributed by atoms with Gasteiger partial charge in [-0.3, -0.25) is 4.98 Å². The molecular formula is C29H31N3O2. The third kappa shape index (κ3) is 4.79. The first-order valence-electron chi connectivity index (χ1n) is 11.6. The number of aromatic nitrogens is 2. The first-order chi connectivity index (χ1) is 16.4. The number of nitrogens with one attached hydrogen (secondary N) is 1. The van der Waals surface area contributed by atoms with Crippen LogP contribution in [-0.2, 0) is 6.42 Å². The van der Waals surface area contributed by atoms with Crippen molar-refractivity contribution < 1.29 is 9.84 Å². The molecule has 0 bridgehead atoms. The molecule has 2 heterocycles. The number of benzene rings is 1. The van der Waals surface area contributed by atoms with Gasteiger partial charge in [-0.15, -0.1) is 0 Å². The summed E-state index contributed by atoms with van der Waals surface area (Å²) in [6, 6.07) is 16.6. The van der Waals surface area contributed by atoms with Crippen molar-refractivity contribution in [2.24, 2.45) is 5.92 Å². The highest BCUT2D eigenvalue weighted by atomic mass is 16.5. The SMILES string of the molecule is COc1ccc(C2=CC(C(C)c3ccccc3)CCc3cc(/C(C(C)=N)=C(\C)O)cnc32)cn1. The van der Waals surface area contributed by atoms with E-state index in [0.717, 1.165) is 40.8 Å². The molecule has 0 saturated carbocycles. The van der Waals surface area contributed by atoms with Crippen molar-refractivity contribution in [2.45, 2.75) is 39.5 Å². The minimum Gasteiger partial charge on any atom is -0.512 e. The van der Waals surface area contributed by atoms with Crippen molar-refractivity contribution in [1.82, 2.24) is 9.97 Å². The number of hydrogen-bond acceptors (Lipinski definition) is 5. The van der Waals surface area contributed by atoms with Crippen LogP contribution in [0.4, 0.5) is 0 Å². The van der Waals surface area contributed by atoms with E-state index in [9.17, 15) is 5.11 Å². The predicted molar refractivity (Wildman–Crippen MR) is 137 cm³/mol. The fourth-order valence-corrected chi connectivity index (χ4v) is 4.77. The molecule has 1 aromatic carbocycles. The second-order valence-electron chi connectivity index (χ2n) is 8.89. The zero-order chi connectivity index (χ0) is 24.2. The lowest BCUT2D eigenvalue weighted by Gasteiger charge is -2.21. The van der Waals surface area contributed by atoms with Gasteiger partial charge in [-0.05, 0) is 61.8 Å². The molecule has 5 heteroatoms. The Morgan fingerprint density at radius 2 is 1.85 bits per heavy atom. The lowest BCUT2D eigenvalue weighted by Crippen LogP contribution is -2.08. The van der Waals surface area contributed by atoms with Gasteiger partial charge in [0.2, 0.25) is 5.88 Å². The van der Waals surface area contributed by atoms with Crippen LogP contribution in [0, 0.1) is 11.3 Å². The highest BCUT2D eigenvalue weighted by Gasteiger charge is 2.25. The number of fused-ring (bicyclic) bond motifs is 1. The summed E-state index contributed by atoms with van der Waals surface area (Å²) in [4.78, 5) is 9.30. The smallest absolute Gasteiger partial charge is 0.212 e. The number of methoxy groups -OCH3 is 1. The average molecular weight is 454 g/mol. The van der Waals surface area contributed by atoms with E-state index < -0.39 is 0 Å². The molecule has 0 fully saturated rings. The van der Waals surface area contributed by atoms with Gasteiger partial charge in [-0.1, -0.05) is 43.3 Å². The van der Waals surface area contributed by atoms with Crippen LogP contribution in [-0.4, -0.2) is 27.9 Å². The Hall–Kier alpha value is -3.73. The van der Waals surface area contributed by atoms with Crippen molar-refractivity contribution in [3.05, 3.63) is 101 Å². The molecule has 4 rings (SSSR count). The summed E-state index contributed by atoms with van der Waals surface area (Å²) in [5, 5.41) is 18.3. The zero-order valence-corrected chi connectivity index (χ0v) is 20.2. The number of nitrogens with zero attached hydrogens (tertiary/aromatic N) is 2. The molecule has 0 spiro atoms. The fourth-order valence-electron chi connectivity index (χ4n) is 4.77. The van der Waals surface area contributed by atoms with Crippen LogP contribution in [0.3, 0.4) is 0 Å². The van der Waals surface area contributed by atoms with E-state index in [1.807, 2.05) is 18.3 Å². The first-order valence-corrected chi connectivity index (χ1v) is 11.6. The normalized spacial score (nSPS) is 17.1. The molecule has 0 radical (unpaired) electrons. The minimum atomic E-state index is 0.133. The standard InChI is InChI=1S/C29H31N3O2/c1-18(21-8-6-5-7-9-21)22-10-11-23-14-25(28(19(2)30)20(3)33)17-32-29(23)26(15-22)24-12-13-27(34-4)31-16-24/h5-9,12-18,22,30,33H,10-11H2,1-4H3/b28-20+,30-19?. The Morgan fingerprint density at radius 3 is 2.47 bits per heavy atom. The van der Waals surface area contributed by atoms with E-state index in [-0.39, 0.29) is 5.76 Å². The molecule has 3 aromatic rings. The van der Waals surface area contributed by atoms with Gasteiger partial charge in [0.15, 0.2) is 0 Å². The van der Waals surface area contributed by atoms with Gasteiger partial charge in [0, 0.05) is 46.4 Å². The van der Waals surface area contributed by atoms with Crippen molar-refractivity contribution in [3.8, 4) is 5.88 Å². The van der Waals surface area contributed by atoms with Crippen LogP contribution in [0.5, 0.6) is 5.88 Å². The van der Waals surface area contributed by atoms with Crippen LogP contribution in [0.25, 0.3) is 11.1 Å². The molecule has 0 saturated heterocycles. The molecule has 174 valence electrons. The number of hydrogen-bond donors (Lipinski definition) is 2. The lowest BCUT2D eigenvalue weighted by atomic mass is 9.83. The summed E-state index contributed by atoms with van der Waals surface area (Å²) in [7, 11) is 1.61. The number of aryl methyl sites for hydroxylation is 1. The maximum atomic E-state index is 10.2. The molecule has 0 amide bonds. The van der Waals surface area contributed by atoms with Crippen LogP contribution in [0.1, 0.15) is 61.1 Å². The van der Waals surface area contributed by atoms with Gasteiger partial charge >= 0.3 is 0 Å². The van der Waals surface area contributed by atoms with E-state index >= 15 is 0 Å². The molecule has 34 heavy (non-hydrogen) atoms. The monoisotopic (exact) mass is 453 g/mol. The van der Waals surface area contributed by atoms with E-state index in [4.69, 9.17) is 15.1 Å². The highest BCUT2D eigenvalue weighted by molar-refractivity contribution is 6.21. The number of rotatable bonds is 6. The Bertz CT molecular complexity index is 1240. The van der Waals surface area contributed by atoms with E-state index in [1.165, 1.54) is 5.56 Å². The Balaban J connectivity index is 1.82. The van der Waals surface area contributed by atoms with Crippen molar-refractivity contribution >= 4 is 16.9 Å². The molecule has 5 nitrogen and oxygen atoms in total. The van der Waals surface area contributed by atoms with Gasteiger partial charge in [-0.25, -0.2) is 4.98 Å². The van der Waals surface area contributed by atoms with Gasteiger partial charge in [0.25, 0.3) is 0 Å². The zero-order valence-electron chi connectivity index (χ0n) is 20.2. The number of ether oxygens (including phenoxy) is 1. The largest absolute Gasteiger partial charge is 0.512 e. The Morgan fingerprint density at radius 1 is 1.09 bits per heavy atom. The van der Waals surface area contributed by atoms with Crippen molar-refractivity contribution in [1.29, 1.82) is 5.41 Å². The number of aliphatic hydroxyl groups excluding tert-OH is 1. The first kappa shape index (κ1) is 23.4.